The van der Waals surface area contributed by atoms with Gasteiger partial charge in [-0.15, -0.1) is 0 Å². The van der Waals surface area contributed by atoms with Gasteiger partial charge in [0.25, 0.3) is 0 Å². The summed E-state index contributed by atoms with van der Waals surface area (Å²) >= 11 is 0. The highest BCUT2D eigenvalue weighted by Crippen LogP contribution is 2.33. The quantitative estimate of drug-likeness (QED) is 0.465. The van der Waals surface area contributed by atoms with Crippen molar-refractivity contribution in [1.29, 1.82) is 0 Å². The second-order valence-electron chi connectivity index (χ2n) is 9.03. The molecular weight excluding hydrogens is 454 g/mol. The van der Waals surface area contributed by atoms with Gasteiger partial charge in [0.1, 0.15) is 24.7 Å². The van der Waals surface area contributed by atoms with Crippen molar-refractivity contribution in [2.75, 3.05) is 51.3 Å². The molecule has 1 amide bonds. The highest BCUT2D eigenvalue weighted by molar-refractivity contribution is 5.73. The monoisotopic (exact) mass is 489 g/mol. The maximum atomic E-state index is 11.5. The number of hydrogen-bond donors (Lipinski definition) is 1. The Morgan fingerprint density at radius 1 is 1.06 bits per heavy atom. The number of hydrogen-bond acceptors (Lipinski definition) is 6. The van der Waals surface area contributed by atoms with Gasteiger partial charge in [-0.1, -0.05) is 24.8 Å². The van der Waals surface area contributed by atoms with Crippen LogP contribution in [0.15, 0.2) is 67.0 Å². The van der Waals surface area contributed by atoms with Crippen LogP contribution < -0.4 is 14.8 Å². The number of aryl methyl sites for hydroxylation is 2. The molecule has 2 heterocycles. The molecule has 1 fully saturated rings. The first-order valence-electron chi connectivity index (χ1n) is 12.3. The van der Waals surface area contributed by atoms with E-state index in [4.69, 9.17) is 9.47 Å². The van der Waals surface area contributed by atoms with E-state index < -0.39 is 0 Å². The van der Waals surface area contributed by atoms with Crippen molar-refractivity contribution in [2.24, 2.45) is 7.05 Å². The molecule has 2 aromatic carbocycles. The predicted octanol–water partition coefficient (Wildman–Crippen LogP) is 3.94. The SMILES string of the molecule is C=C(COc1ccccc1C)Nc1ccc(OCCN2CCN(C(C)=O)CC2)c(-c2ccnn2C)c1. The molecule has 0 unspecified atom stereocenters. The van der Waals surface area contributed by atoms with Crippen molar-refractivity contribution in [3.63, 3.8) is 0 Å². The number of carbonyl (C=O) groups is 1. The molecule has 190 valence electrons. The molecule has 0 atom stereocenters. The van der Waals surface area contributed by atoms with Crippen molar-refractivity contribution in [3.05, 3.63) is 72.6 Å². The smallest absolute Gasteiger partial charge is 0.219 e. The lowest BCUT2D eigenvalue weighted by molar-refractivity contribution is -0.130. The minimum absolute atomic E-state index is 0.143. The molecule has 4 rings (SSSR count). The molecule has 36 heavy (non-hydrogen) atoms. The number of anilines is 1. The largest absolute Gasteiger partial charge is 0.492 e. The molecule has 1 N–H and O–H groups in total. The summed E-state index contributed by atoms with van der Waals surface area (Å²) in [6.45, 7) is 12.8. The number of benzene rings is 2. The van der Waals surface area contributed by atoms with Crippen molar-refractivity contribution in [1.82, 2.24) is 19.6 Å². The Morgan fingerprint density at radius 2 is 1.83 bits per heavy atom. The zero-order chi connectivity index (χ0) is 25.5. The van der Waals surface area contributed by atoms with Crippen LogP contribution in [0.1, 0.15) is 12.5 Å². The fourth-order valence-corrected chi connectivity index (χ4v) is 4.27. The van der Waals surface area contributed by atoms with Gasteiger partial charge in [-0.2, -0.15) is 5.10 Å². The van der Waals surface area contributed by atoms with Crippen LogP contribution >= 0.6 is 0 Å². The Balaban J connectivity index is 1.38. The Kier molecular flexibility index (Phi) is 8.28. The van der Waals surface area contributed by atoms with Gasteiger partial charge in [-0.05, 0) is 42.8 Å². The van der Waals surface area contributed by atoms with Crippen LogP contribution in [0.4, 0.5) is 5.69 Å². The molecule has 8 nitrogen and oxygen atoms in total. The molecule has 1 saturated heterocycles. The lowest BCUT2D eigenvalue weighted by Crippen LogP contribution is -2.48. The minimum atomic E-state index is 0.143. The van der Waals surface area contributed by atoms with E-state index in [0.717, 1.165) is 72.4 Å². The van der Waals surface area contributed by atoms with Crippen LogP contribution in [0, 0.1) is 6.92 Å². The third kappa shape index (κ3) is 6.46. The second kappa shape index (κ2) is 11.8. The Bertz CT molecular complexity index is 1200. The summed E-state index contributed by atoms with van der Waals surface area (Å²) in [5, 5.41) is 7.69. The maximum absolute atomic E-state index is 11.5. The number of carbonyl (C=O) groups excluding carboxylic acids is 1. The zero-order valence-electron chi connectivity index (χ0n) is 21.4. The Labute approximate surface area is 213 Å². The topological polar surface area (TPSA) is 71.9 Å². The minimum Gasteiger partial charge on any atom is -0.492 e. The van der Waals surface area contributed by atoms with Gasteiger partial charge in [0.15, 0.2) is 0 Å². The molecule has 0 saturated carbocycles. The third-order valence-electron chi connectivity index (χ3n) is 6.38. The molecular formula is C28H35N5O3. The summed E-state index contributed by atoms with van der Waals surface area (Å²) in [6.07, 6.45) is 1.78. The van der Waals surface area contributed by atoms with Crippen molar-refractivity contribution in [3.8, 4) is 22.8 Å². The van der Waals surface area contributed by atoms with E-state index >= 15 is 0 Å². The standard InChI is InChI=1S/C28H35N5O3/c1-21-7-5-6-8-27(21)36-20-22(2)30-24-9-10-28(25(19-24)26-11-12-29-31(26)4)35-18-17-32-13-15-33(16-14-32)23(3)34/h5-12,19,30H,2,13-18,20H2,1,3-4H3. The van der Waals surface area contributed by atoms with Crippen molar-refractivity contribution < 1.29 is 14.3 Å². The lowest BCUT2D eigenvalue weighted by Gasteiger charge is -2.34. The third-order valence-corrected chi connectivity index (χ3v) is 6.38. The van der Waals surface area contributed by atoms with Gasteiger partial charge in [0.2, 0.25) is 5.91 Å². The summed E-state index contributed by atoms with van der Waals surface area (Å²) in [5.41, 5.74) is 4.66. The lowest BCUT2D eigenvalue weighted by atomic mass is 10.1. The molecule has 8 heteroatoms. The molecule has 0 aliphatic carbocycles. The van der Waals surface area contributed by atoms with Gasteiger partial charge in [0, 0.05) is 69.8 Å². The van der Waals surface area contributed by atoms with Gasteiger partial charge >= 0.3 is 0 Å². The first kappa shape index (κ1) is 25.3. The van der Waals surface area contributed by atoms with Gasteiger partial charge < -0.3 is 19.7 Å². The van der Waals surface area contributed by atoms with Crippen LogP contribution in [-0.4, -0.2) is 71.4 Å². The number of nitrogens with zero attached hydrogens (tertiary/aromatic N) is 4. The number of amides is 1. The molecule has 1 aliphatic heterocycles. The van der Waals surface area contributed by atoms with E-state index in [1.165, 1.54) is 0 Å². The number of piperazine rings is 1. The number of nitrogens with one attached hydrogen (secondary N) is 1. The number of ether oxygens (including phenoxy) is 2. The highest BCUT2D eigenvalue weighted by atomic mass is 16.5. The van der Waals surface area contributed by atoms with E-state index in [0.29, 0.717) is 13.2 Å². The van der Waals surface area contributed by atoms with E-state index in [1.54, 1.807) is 13.1 Å². The molecule has 1 aliphatic rings. The van der Waals surface area contributed by atoms with Gasteiger partial charge in [0.05, 0.1) is 5.69 Å². The molecule has 0 spiro atoms. The summed E-state index contributed by atoms with van der Waals surface area (Å²) in [4.78, 5) is 15.8. The van der Waals surface area contributed by atoms with Crippen LogP contribution in [0.25, 0.3) is 11.3 Å². The van der Waals surface area contributed by atoms with Crippen molar-refractivity contribution in [2.45, 2.75) is 13.8 Å². The van der Waals surface area contributed by atoms with E-state index in [1.807, 2.05) is 66.0 Å². The molecule has 3 aromatic rings. The van der Waals surface area contributed by atoms with Crippen LogP contribution in [-0.2, 0) is 11.8 Å². The maximum Gasteiger partial charge on any atom is 0.219 e. The summed E-state index contributed by atoms with van der Waals surface area (Å²) in [7, 11) is 1.92. The number of aromatic nitrogens is 2. The Hall–Kier alpha value is -3.78. The average Bonchev–Trinajstić information content (AvgIpc) is 3.30. The Morgan fingerprint density at radius 3 is 2.53 bits per heavy atom. The predicted molar refractivity (Wildman–Crippen MR) is 142 cm³/mol. The first-order chi connectivity index (χ1) is 17.4. The first-order valence-corrected chi connectivity index (χ1v) is 12.3. The summed E-state index contributed by atoms with van der Waals surface area (Å²) < 4.78 is 14.0. The van der Waals surface area contributed by atoms with E-state index in [9.17, 15) is 4.79 Å². The van der Waals surface area contributed by atoms with E-state index in [-0.39, 0.29) is 5.91 Å². The van der Waals surface area contributed by atoms with Crippen LogP contribution in [0.3, 0.4) is 0 Å². The molecule has 0 radical (unpaired) electrons. The highest BCUT2D eigenvalue weighted by Gasteiger charge is 2.19. The number of rotatable bonds is 10. The van der Waals surface area contributed by atoms with Crippen molar-refractivity contribution >= 4 is 11.6 Å². The molecule has 1 aromatic heterocycles. The fraction of sp³-hybridized carbons (Fsp3) is 0.357. The van der Waals surface area contributed by atoms with Gasteiger partial charge in [-0.3, -0.25) is 14.4 Å². The van der Waals surface area contributed by atoms with Crippen LogP contribution in [0.2, 0.25) is 0 Å². The number of para-hydroxylation sites is 1. The van der Waals surface area contributed by atoms with E-state index in [2.05, 4.69) is 28.0 Å². The zero-order valence-corrected chi connectivity index (χ0v) is 21.4. The second-order valence-corrected chi connectivity index (χ2v) is 9.03. The summed E-state index contributed by atoms with van der Waals surface area (Å²) in [5.74, 6) is 1.79. The van der Waals surface area contributed by atoms with Crippen LogP contribution in [0.5, 0.6) is 11.5 Å². The van der Waals surface area contributed by atoms with Gasteiger partial charge in [-0.25, -0.2) is 0 Å². The molecule has 0 bridgehead atoms. The normalized spacial score (nSPS) is 13.9. The summed E-state index contributed by atoms with van der Waals surface area (Å²) in [6, 6.07) is 15.9. The fourth-order valence-electron chi connectivity index (χ4n) is 4.27. The average molecular weight is 490 g/mol.